The standard InChI is InChI=1S/C21H27NO5/c1-15(13-22(2)14-16-9-7-6-8-10-16)27-21(23)17-11-18(24-3)20(26-5)19(12-17)25-4/h6-12,15H,13-14H2,1-5H3/t15-/m0/s1. The van der Waals surface area contributed by atoms with Gasteiger partial charge in [-0.3, -0.25) is 4.90 Å². The molecule has 27 heavy (non-hydrogen) atoms. The molecule has 0 heterocycles. The van der Waals surface area contributed by atoms with Gasteiger partial charge in [-0.25, -0.2) is 4.79 Å². The Morgan fingerprint density at radius 1 is 1.00 bits per heavy atom. The summed E-state index contributed by atoms with van der Waals surface area (Å²) in [5.74, 6) is 0.831. The molecule has 0 bridgehead atoms. The van der Waals surface area contributed by atoms with Crippen LogP contribution in [0.2, 0.25) is 0 Å². The van der Waals surface area contributed by atoms with Gasteiger partial charge in [0.2, 0.25) is 5.75 Å². The Hall–Kier alpha value is -2.73. The van der Waals surface area contributed by atoms with Gasteiger partial charge < -0.3 is 18.9 Å². The first-order chi connectivity index (χ1) is 13.0. The smallest absolute Gasteiger partial charge is 0.338 e. The van der Waals surface area contributed by atoms with Gasteiger partial charge in [0.1, 0.15) is 6.10 Å². The summed E-state index contributed by atoms with van der Waals surface area (Å²) in [7, 11) is 6.53. The minimum absolute atomic E-state index is 0.273. The molecule has 0 saturated carbocycles. The van der Waals surface area contributed by atoms with Gasteiger partial charge in [0.05, 0.1) is 26.9 Å². The molecular weight excluding hydrogens is 346 g/mol. The number of carbonyl (C=O) groups excluding carboxylic acids is 1. The lowest BCUT2D eigenvalue weighted by Crippen LogP contribution is -2.30. The average molecular weight is 373 g/mol. The third kappa shape index (κ3) is 5.62. The van der Waals surface area contributed by atoms with Gasteiger partial charge in [0, 0.05) is 13.1 Å². The first kappa shape index (κ1) is 20.6. The second-order valence-electron chi connectivity index (χ2n) is 6.31. The lowest BCUT2D eigenvalue weighted by Gasteiger charge is -2.22. The predicted molar refractivity (Wildman–Crippen MR) is 104 cm³/mol. The quantitative estimate of drug-likeness (QED) is 0.628. The Morgan fingerprint density at radius 3 is 2.11 bits per heavy atom. The zero-order chi connectivity index (χ0) is 19.8. The Kier molecular flexibility index (Phi) is 7.49. The number of nitrogens with zero attached hydrogens (tertiary/aromatic N) is 1. The molecule has 0 N–H and O–H groups in total. The van der Waals surface area contributed by atoms with E-state index in [2.05, 4.69) is 17.0 Å². The molecule has 2 aromatic carbocycles. The van der Waals surface area contributed by atoms with Gasteiger partial charge in [-0.2, -0.15) is 0 Å². The minimum Gasteiger partial charge on any atom is -0.493 e. The molecule has 6 heteroatoms. The van der Waals surface area contributed by atoms with Crippen molar-refractivity contribution >= 4 is 5.97 Å². The summed E-state index contributed by atoms with van der Waals surface area (Å²) in [5, 5.41) is 0. The molecule has 0 aromatic heterocycles. The van der Waals surface area contributed by atoms with E-state index >= 15 is 0 Å². The maximum absolute atomic E-state index is 12.5. The topological polar surface area (TPSA) is 57.2 Å². The minimum atomic E-state index is -0.435. The average Bonchev–Trinajstić information content (AvgIpc) is 2.67. The van der Waals surface area contributed by atoms with Crippen LogP contribution in [0, 0.1) is 0 Å². The Morgan fingerprint density at radius 2 is 1.59 bits per heavy atom. The highest BCUT2D eigenvalue weighted by atomic mass is 16.5. The van der Waals surface area contributed by atoms with Crippen molar-refractivity contribution < 1.29 is 23.7 Å². The molecule has 0 aliphatic carbocycles. The van der Waals surface area contributed by atoms with Crippen LogP contribution in [-0.2, 0) is 11.3 Å². The largest absolute Gasteiger partial charge is 0.493 e. The number of hydrogen-bond donors (Lipinski definition) is 0. The number of esters is 1. The van der Waals surface area contributed by atoms with Crippen molar-refractivity contribution in [1.82, 2.24) is 4.90 Å². The summed E-state index contributed by atoms with van der Waals surface area (Å²) < 4.78 is 21.4. The second-order valence-corrected chi connectivity index (χ2v) is 6.31. The number of carbonyl (C=O) groups is 1. The SMILES string of the molecule is COc1cc(C(=O)O[C@@H](C)CN(C)Cc2ccccc2)cc(OC)c1OC. The van der Waals surface area contributed by atoms with E-state index in [-0.39, 0.29) is 6.10 Å². The Labute approximate surface area is 160 Å². The molecule has 6 nitrogen and oxygen atoms in total. The third-order valence-corrected chi connectivity index (χ3v) is 4.07. The van der Waals surface area contributed by atoms with Crippen molar-refractivity contribution in [2.45, 2.75) is 19.6 Å². The molecule has 0 spiro atoms. The lowest BCUT2D eigenvalue weighted by atomic mass is 10.1. The van der Waals surface area contributed by atoms with E-state index < -0.39 is 5.97 Å². The van der Waals surface area contributed by atoms with Crippen LogP contribution in [-0.4, -0.2) is 51.9 Å². The molecule has 2 rings (SSSR count). The maximum Gasteiger partial charge on any atom is 0.338 e. The molecule has 146 valence electrons. The predicted octanol–water partition coefficient (Wildman–Crippen LogP) is 3.39. The fraction of sp³-hybridized carbons (Fsp3) is 0.381. The van der Waals surface area contributed by atoms with Crippen molar-refractivity contribution in [3.8, 4) is 17.2 Å². The van der Waals surface area contributed by atoms with E-state index in [1.165, 1.54) is 26.9 Å². The molecule has 0 aliphatic heterocycles. The Balaban J connectivity index is 2.01. The van der Waals surface area contributed by atoms with Crippen LogP contribution in [0.15, 0.2) is 42.5 Å². The molecule has 0 saturated heterocycles. The molecule has 2 aromatic rings. The number of ether oxygens (including phenoxy) is 4. The number of rotatable bonds is 9. The second kappa shape index (κ2) is 9.83. The molecule has 0 radical (unpaired) electrons. The van der Waals surface area contributed by atoms with Crippen LogP contribution in [0.25, 0.3) is 0 Å². The van der Waals surface area contributed by atoms with Gasteiger partial charge in [-0.15, -0.1) is 0 Å². The van der Waals surface area contributed by atoms with E-state index in [1.54, 1.807) is 12.1 Å². The van der Waals surface area contributed by atoms with E-state index in [4.69, 9.17) is 18.9 Å². The van der Waals surface area contributed by atoms with Crippen molar-refractivity contribution in [1.29, 1.82) is 0 Å². The molecule has 0 fully saturated rings. The summed E-state index contributed by atoms with van der Waals surface area (Å²) in [6.45, 7) is 3.27. The molecule has 0 aliphatic rings. The van der Waals surface area contributed by atoms with Gasteiger partial charge in [0.25, 0.3) is 0 Å². The van der Waals surface area contributed by atoms with Crippen molar-refractivity contribution in [3.05, 3.63) is 53.6 Å². The van der Waals surface area contributed by atoms with Crippen LogP contribution in [0.1, 0.15) is 22.8 Å². The highest BCUT2D eigenvalue weighted by Gasteiger charge is 2.20. The normalized spacial score (nSPS) is 11.8. The van der Waals surface area contributed by atoms with E-state index in [9.17, 15) is 4.79 Å². The number of methoxy groups -OCH3 is 3. The monoisotopic (exact) mass is 373 g/mol. The Bertz CT molecular complexity index is 722. The van der Waals surface area contributed by atoms with Gasteiger partial charge in [-0.05, 0) is 31.7 Å². The fourth-order valence-electron chi connectivity index (χ4n) is 2.89. The number of likely N-dealkylation sites (N-methyl/N-ethyl adjacent to an activating group) is 1. The summed E-state index contributed by atoms with van der Waals surface area (Å²) in [5.41, 5.74) is 1.56. The van der Waals surface area contributed by atoms with E-state index in [1.807, 2.05) is 32.2 Å². The van der Waals surface area contributed by atoms with E-state index in [0.717, 1.165) is 6.54 Å². The van der Waals surface area contributed by atoms with Crippen LogP contribution >= 0.6 is 0 Å². The van der Waals surface area contributed by atoms with Crippen LogP contribution in [0.3, 0.4) is 0 Å². The van der Waals surface area contributed by atoms with E-state index in [0.29, 0.717) is 29.4 Å². The molecule has 0 unspecified atom stereocenters. The highest BCUT2D eigenvalue weighted by molar-refractivity contribution is 5.91. The fourth-order valence-corrected chi connectivity index (χ4v) is 2.89. The van der Waals surface area contributed by atoms with Crippen molar-refractivity contribution in [3.63, 3.8) is 0 Å². The highest BCUT2D eigenvalue weighted by Crippen LogP contribution is 2.38. The zero-order valence-electron chi connectivity index (χ0n) is 16.5. The van der Waals surface area contributed by atoms with Crippen molar-refractivity contribution in [2.75, 3.05) is 34.9 Å². The summed E-state index contributed by atoms with van der Waals surface area (Å²) in [4.78, 5) is 14.7. The first-order valence-electron chi connectivity index (χ1n) is 8.72. The molecular formula is C21H27NO5. The molecule has 1 atom stereocenters. The van der Waals surface area contributed by atoms with Crippen LogP contribution in [0.5, 0.6) is 17.2 Å². The zero-order valence-corrected chi connectivity index (χ0v) is 16.5. The lowest BCUT2D eigenvalue weighted by molar-refractivity contribution is 0.0267. The number of hydrogen-bond acceptors (Lipinski definition) is 6. The third-order valence-electron chi connectivity index (χ3n) is 4.07. The number of benzene rings is 2. The summed E-state index contributed by atoms with van der Waals surface area (Å²) >= 11 is 0. The van der Waals surface area contributed by atoms with Gasteiger partial charge in [-0.1, -0.05) is 30.3 Å². The maximum atomic E-state index is 12.5. The van der Waals surface area contributed by atoms with Gasteiger partial charge in [0.15, 0.2) is 11.5 Å². The van der Waals surface area contributed by atoms with Crippen LogP contribution < -0.4 is 14.2 Å². The van der Waals surface area contributed by atoms with Gasteiger partial charge >= 0.3 is 5.97 Å². The summed E-state index contributed by atoms with van der Waals surface area (Å²) in [6.07, 6.45) is -0.273. The van der Waals surface area contributed by atoms with Crippen LogP contribution in [0.4, 0.5) is 0 Å². The summed E-state index contributed by atoms with van der Waals surface area (Å²) in [6, 6.07) is 13.3. The first-order valence-corrected chi connectivity index (χ1v) is 8.72. The molecule has 0 amide bonds. The van der Waals surface area contributed by atoms with Crippen molar-refractivity contribution in [2.24, 2.45) is 0 Å².